The van der Waals surface area contributed by atoms with Crippen LogP contribution in [0.25, 0.3) is 0 Å². The Kier molecular flexibility index (Phi) is 5.62. The van der Waals surface area contributed by atoms with Gasteiger partial charge in [-0.05, 0) is 59.7 Å². The van der Waals surface area contributed by atoms with E-state index in [0.717, 1.165) is 29.5 Å². The first-order valence-corrected chi connectivity index (χ1v) is 8.93. The molecule has 0 bridgehead atoms. The van der Waals surface area contributed by atoms with E-state index in [1.165, 1.54) is 18.7 Å². The van der Waals surface area contributed by atoms with Crippen LogP contribution < -0.4 is 10.7 Å². The molecular formula is C17H18FIN4O. The molecule has 0 aliphatic carbocycles. The highest BCUT2D eigenvalue weighted by atomic mass is 127. The Balaban J connectivity index is 1.78. The van der Waals surface area contributed by atoms with Crippen LogP contribution in [0.3, 0.4) is 0 Å². The molecule has 24 heavy (non-hydrogen) atoms. The minimum atomic E-state index is -0.367. The first-order chi connectivity index (χ1) is 11.6. The Morgan fingerprint density at radius 2 is 1.96 bits per heavy atom. The lowest BCUT2D eigenvalue weighted by Crippen LogP contribution is -2.45. The zero-order valence-electron chi connectivity index (χ0n) is 13.1. The SMILES string of the molecule is O=C(NN1CCCCC1)c1ccncc1Nc1ccc(I)cc1F. The van der Waals surface area contributed by atoms with Gasteiger partial charge in [-0.25, -0.2) is 9.40 Å². The summed E-state index contributed by atoms with van der Waals surface area (Å²) in [5.41, 5.74) is 4.15. The number of carbonyl (C=O) groups excluding carboxylic acids is 1. The van der Waals surface area contributed by atoms with Gasteiger partial charge in [0.15, 0.2) is 0 Å². The van der Waals surface area contributed by atoms with Crippen molar-refractivity contribution in [3.05, 3.63) is 51.6 Å². The molecule has 1 fully saturated rings. The van der Waals surface area contributed by atoms with Gasteiger partial charge >= 0.3 is 0 Å². The number of amides is 1. The molecule has 2 N–H and O–H groups in total. The minimum absolute atomic E-state index is 0.215. The lowest BCUT2D eigenvalue weighted by atomic mass is 10.1. The number of carbonyl (C=O) groups is 1. The van der Waals surface area contributed by atoms with Crippen LogP contribution in [0.15, 0.2) is 36.7 Å². The molecule has 0 unspecified atom stereocenters. The zero-order chi connectivity index (χ0) is 16.9. The Morgan fingerprint density at radius 3 is 2.71 bits per heavy atom. The number of anilines is 2. The van der Waals surface area contributed by atoms with Crippen molar-refractivity contribution in [3.8, 4) is 0 Å². The Bertz CT molecular complexity index is 734. The molecule has 1 aliphatic heterocycles. The van der Waals surface area contributed by atoms with Crippen molar-refractivity contribution in [2.45, 2.75) is 19.3 Å². The van der Waals surface area contributed by atoms with Crippen LogP contribution in [-0.2, 0) is 0 Å². The summed E-state index contributed by atoms with van der Waals surface area (Å²) in [4.78, 5) is 16.6. The van der Waals surface area contributed by atoms with Gasteiger partial charge in [0.25, 0.3) is 5.91 Å². The van der Waals surface area contributed by atoms with E-state index < -0.39 is 0 Å². The molecule has 1 aliphatic rings. The number of hydrogen-bond acceptors (Lipinski definition) is 4. The van der Waals surface area contributed by atoms with Crippen molar-refractivity contribution in [1.29, 1.82) is 0 Å². The average molecular weight is 440 g/mol. The molecule has 2 aromatic rings. The minimum Gasteiger partial charge on any atom is -0.351 e. The predicted molar refractivity (Wildman–Crippen MR) is 99.5 cm³/mol. The summed E-state index contributed by atoms with van der Waals surface area (Å²) < 4.78 is 14.9. The number of benzene rings is 1. The summed E-state index contributed by atoms with van der Waals surface area (Å²) >= 11 is 2.05. The fourth-order valence-electron chi connectivity index (χ4n) is 2.64. The van der Waals surface area contributed by atoms with Crippen LogP contribution in [-0.4, -0.2) is 29.0 Å². The van der Waals surface area contributed by atoms with Gasteiger partial charge in [0, 0.05) is 22.9 Å². The molecule has 0 radical (unpaired) electrons. The van der Waals surface area contributed by atoms with E-state index in [-0.39, 0.29) is 11.7 Å². The van der Waals surface area contributed by atoms with E-state index in [9.17, 15) is 9.18 Å². The smallest absolute Gasteiger partial charge is 0.267 e. The van der Waals surface area contributed by atoms with Gasteiger partial charge in [-0.15, -0.1) is 0 Å². The Hall–Kier alpha value is -1.74. The lowest BCUT2D eigenvalue weighted by molar-refractivity contribution is 0.0751. The molecule has 2 heterocycles. The second kappa shape index (κ2) is 7.89. The molecule has 1 aromatic heterocycles. The van der Waals surface area contributed by atoms with E-state index in [4.69, 9.17) is 0 Å². The van der Waals surface area contributed by atoms with Crippen LogP contribution >= 0.6 is 22.6 Å². The fraction of sp³-hybridized carbons (Fsp3) is 0.294. The maximum Gasteiger partial charge on any atom is 0.267 e. The van der Waals surface area contributed by atoms with Crippen LogP contribution in [0.4, 0.5) is 15.8 Å². The quantitative estimate of drug-likeness (QED) is 0.713. The van der Waals surface area contributed by atoms with Gasteiger partial charge in [0.05, 0.1) is 23.1 Å². The molecule has 1 aromatic carbocycles. The second-order valence-electron chi connectivity index (χ2n) is 5.66. The molecular weight excluding hydrogens is 422 g/mol. The van der Waals surface area contributed by atoms with E-state index in [1.54, 1.807) is 24.4 Å². The number of rotatable bonds is 4. The standard InChI is InChI=1S/C17H18FIN4O/c18-14-10-12(19)4-5-15(14)21-16-11-20-7-6-13(16)17(24)22-23-8-2-1-3-9-23/h4-7,10-11,21H,1-3,8-9H2,(H,22,24). The van der Waals surface area contributed by atoms with Crippen molar-refractivity contribution in [1.82, 2.24) is 15.4 Å². The molecule has 126 valence electrons. The summed E-state index contributed by atoms with van der Waals surface area (Å²) in [7, 11) is 0. The van der Waals surface area contributed by atoms with Crippen molar-refractivity contribution in [2.75, 3.05) is 18.4 Å². The highest BCUT2D eigenvalue weighted by molar-refractivity contribution is 14.1. The molecule has 0 saturated carbocycles. The van der Waals surface area contributed by atoms with Crippen LogP contribution in [0.5, 0.6) is 0 Å². The molecule has 1 amide bonds. The summed E-state index contributed by atoms with van der Waals surface area (Å²) in [6, 6.07) is 6.52. The van der Waals surface area contributed by atoms with Gasteiger partial charge in [-0.2, -0.15) is 0 Å². The van der Waals surface area contributed by atoms with Crippen LogP contribution in [0, 0.1) is 9.39 Å². The van der Waals surface area contributed by atoms with Gasteiger partial charge in [0.2, 0.25) is 0 Å². The third-order valence-electron chi connectivity index (χ3n) is 3.88. The van der Waals surface area contributed by atoms with Crippen molar-refractivity contribution in [3.63, 3.8) is 0 Å². The molecule has 0 spiro atoms. The summed E-state index contributed by atoms with van der Waals surface area (Å²) in [6.07, 6.45) is 6.44. The van der Waals surface area contributed by atoms with Gasteiger partial charge in [0.1, 0.15) is 5.82 Å². The molecule has 3 rings (SSSR count). The maximum absolute atomic E-state index is 14.0. The van der Waals surface area contributed by atoms with Crippen molar-refractivity contribution < 1.29 is 9.18 Å². The lowest BCUT2D eigenvalue weighted by Gasteiger charge is -2.27. The molecule has 7 heteroatoms. The number of pyridine rings is 1. The largest absolute Gasteiger partial charge is 0.351 e. The topological polar surface area (TPSA) is 57.3 Å². The van der Waals surface area contributed by atoms with Crippen LogP contribution in [0.2, 0.25) is 0 Å². The summed E-state index contributed by atoms with van der Waals surface area (Å²) in [6.45, 7) is 1.71. The Morgan fingerprint density at radius 1 is 1.17 bits per heavy atom. The highest BCUT2D eigenvalue weighted by Crippen LogP contribution is 2.24. The van der Waals surface area contributed by atoms with Crippen molar-refractivity contribution >= 4 is 39.9 Å². The number of hydrogen-bond donors (Lipinski definition) is 2. The summed E-state index contributed by atoms with van der Waals surface area (Å²) in [5.74, 6) is -0.583. The van der Waals surface area contributed by atoms with E-state index in [1.807, 2.05) is 5.01 Å². The predicted octanol–water partition coefficient (Wildman–Crippen LogP) is 3.70. The van der Waals surface area contributed by atoms with Gasteiger partial charge in [-0.3, -0.25) is 15.2 Å². The average Bonchev–Trinajstić information content (AvgIpc) is 2.59. The number of halogens is 2. The van der Waals surface area contributed by atoms with E-state index in [0.29, 0.717) is 16.9 Å². The second-order valence-corrected chi connectivity index (χ2v) is 6.90. The molecule has 1 saturated heterocycles. The van der Waals surface area contributed by atoms with Gasteiger partial charge < -0.3 is 5.32 Å². The molecule has 5 nitrogen and oxygen atoms in total. The zero-order valence-corrected chi connectivity index (χ0v) is 15.2. The normalized spacial score (nSPS) is 15.1. The third-order valence-corrected chi connectivity index (χ3v) is 4.55. The third kappa shape index (κ3) is 4.21. The number of nitrogens with zero attached hydrogens (tertiary/aromatic N) is 2. The van der Waals surface area contributed by atoms with Gasteiger partial charge in [-0.1, -0.05) is 6.42 Å². The maximum atomic E-state index is 14.0. The molecule has 0 atom stereocenters. The van der Waals surface area contributed by atoms with E-state index in [2.05, 4.69) is 38.3 Å². The Labute approximate surface area is 153 Å². The summed E-state index contributed by atoms with van der Waals surface area (Å²) in [5, 5.41) is 4.90. The number of piperidine rings is 1. The van der Waals surface area contributed by atoms with Crippen LogP contribution in [0.1, 0.15) is 29.6 Å². The number of nitrogens with one attached hydrogen (secondary N) is 2. The first kappa shape index (κ1) is 17.1. The first-order valence-electron chi connectivity index (χ1n) is 7.85. The number of aromatic nitrogens is 1. The highest BCUT2D eigenvalue weighted by Gasteiger charge is 2.17. The monoisotopic (exact) mass is 440 g/mol. The fourth-order valence-corrected chi connectivity index (χ4v) is 3.09. The van der Waals surface area contributed by atoms with E-state index >= 15 is 0 Å². The number of hydrazine groups is 1. The van der Waals surface area contributed by atoms with Crippen molar-refractivity contribution in [2.24, 2.45) is 0 Å².